The van der Waals surface area contributed by atoms with Gasteiger partial charge in [0.2, 0.25) is 0 Å². The van der Waals surface area contributed by atoms with Crippen molar-refractivity contribution in [1.29, 1.82) is 0 Å². The van der Waals surface area contributed by atoms with Crippen LogP contribution >= 0.6 is 15.9 Å². The van der Waals surface area contributed by atoms with E-state index in [4.69, 9.17) is 0 Å². The Bertz CT molecular complexity index is 520. The van der Waals surface area contributed by atoms with Crippen molar-refractivity contribution in [2.45, 2.75) is 33.4 Å². The molecule has 0 saturated heterocycles. The molecule has 2 aromatic rings. The molecule has 96 valence electrons. The third-order valence-electron chi connectivity index (χ3n) is 2.94. The molecular weight excluding hydrogens is 290 g/mol. The quantitative estimate of drug-likeness (QED) is 0.909. The Morgan fingerprint density at radius 1 is 1.33 bits per heavy atom. The molecule has 0 aliphatic heterocycles. The minimum Gasteiger partial charge on any atom is -0.381 e. The molecule has 0 unspecified atom stereocenters. The summed E-state index contributed by atoms with van der Waals surface area (Å²) in [4.78, 5) is 0. The lowest BCUT2D eigenvalue weighted by atomic mass is 10.1. The van der Waals surface area contributed by atoms with Crippen molar-refractivity contribution in [2.75, 3.05) is 5.32 Å². The van der Waals surface area contributed by atoms with E-state index >= 15 is 0 Å². The SMILES string of the molecule is CCc1cc(Br)ccc1NCc1cnn(CC)c1. The third-order valence-corrected chi connectivity index (χ3v) is 3.44. The molecule has 1 aromatic carbocycles. The summed E-state index contributed by atoms with van der Waals surface area (Å²) < 4.78 is 3.07. The van der Waals surface area contributed by atoms with E-state index < -0.39 is 0 Å². The maximum absolute atomic E-state index is 4.27. The Labute approximate surface area is 116 Å². The maximum Gasteiger partial charge on any atom is 0.0539 e. The molecule has 2 rings (SSSR count). The average molecular weight is 308 g/mol. The number of hydrogen-bond acceptors (Lipinski definition) is 2. The predicted molar refractivity (Wildman–Crippen MR) is 78.7 cm³/mol. The highest BCUT2D eigenvalue weighted by Crippen LogP contribution is 2.22. The minimum atomic E-state index is 0.814. The smallest absolute Gasteiger partial charge is 0.0539 e. The fourth-order valence-corrected chi connectivity index (χ4v) is 2.30. The van der Waals surface area contributed by atoms with E-state index in [1.165, 1.54) is 16.8 Å². The van der Waals surface area contributed by atoms with Crippen LogP contribution in [0.5, 0.6) is 0 Å². The van der Waals surface area contributed by atoms with Gasteiger partial charge < -0.3 is 5.32 Å². The molecule has 1 aromatic heterocycles. The van der Waals surface area contributed by atoms with Crippen molar-refractivity contribution in [3.05, 3.63) is 46.2 Å². The van der Waals surface area contributed by atoms with Crippen LogP contribution in [0, 0.1) is 0 Å². The van der Waals surface area contributed by atoms with E-state index in [0.717, 1.165) is 24.0 Å². The molecule has 3 nitrogen and oxygen atoms in total. The van der Waals surface area contributed by atoms with Gasteiger partial charge in [0, 0.05) is 35.0 Å². The molecule has 0 fully saturated rings. The highest BCUT2D eigenvalue weighted by Gasteiger charge is 2.02. The zero-order chi connectivity index (χ0) is 13.0. The van der Waals surface area contributed by atoms with Crippen LogP contribution in [0.2, 0.25) is 0 Å². The number of nitrogens with zero attached hydrogens (tertiary/aromatic N) is 2. The molecule has 1 N–H and O–H groups in total. The number of anilines is 1. The lowest BCUT2D eigenvalue weighted by Crippen LogP contribution is -2.01. The normalized spacial score (nSPS) is 10.6. The van der Waals surface area contributed by atoms with Crippen LogP contribution in [0.1, 0.15) is 25.0 Å². The van der Waals surface area contributed by atoms with E-state index in [1.54, 1.807) is 0 Å². The second-order valence-corrected chi connectivity index (χ2v) is 5.13. The van der Waals surface area contributed by atoms with Gasteiger partial charge in [0.15, 0.2) is 0 Å². The first kappa shape index (κ1) is 13.1. The first-order valence-corrected chi connectivity index (χ1v) is 7.05. The van der Waals surface area contributed by atoms with Crippen LogP contribution in [-0.4, -0.2) is 9.78 Å². The van der Waals surface area contributed by atoms with Crippen LogP contribution in [0.25, 0.3) is 0 Å². The molecule has 0 saturated carbocycles. The molecular formula is C14H18BrN3. The average Bonchev–Trinajstić information content (AvgIpc) is 2.85. The summed E-state index contributed by atoms with van der Waals surface area (Å²) in [6.45, 7) is 5.99. The van der Waals surface area contributed by atoms with Gasteiger partial charge in [-0.15, -0.1) is 0 Å². The molecule has 0 amide bonds. The number of benzene rings is 1. The molecule has 0 aliphatic carbocycles. The Morgan fingerprint density at radius 3 is 2.83 bits per heavy atom. The monoisotopic (exact) mass is 307 g/mol. The van der Waals surface area contributed by atoms with Gasteiger partial charge in [-0.25, -0.2) is 0 Å². The highest BCUT2D eigenvalue weighted by molar-refractivity contribution is 9.10. The number of halogens is 1. The Balaban J connectivity index is 2.05. The molecule has 4 heteroatoms. The summed E-state index contributed by atoms with van der Waals surface area (Å²) >= 11 is 3.50. The minimum absolute atomic E-state index is 0.814. The van der Waals surface area contributed by atoms with Crippen molar-refractivity contribution in [1.82, 2.24) is 9.78 Å². The Morgan fingerprint density at radius 2 is 2.17 bits per heavy atom. The van der Waals surface area contributed by atoms with Gasteiger partial charge in [-0.2, -0.15) is 5.10 Å². The van der Waals surface area contributed by atoms with Crippen molar-refractivity contribution in [3.63, 3.8) is 0 Å². The van der Waals surface area contributed by atoms with E-state index in [2.05, 4.69) is 64.6 Å². The fourth-order valence-electron chi connectivity index (χ4n) is 1.90. The van der Waals surface area contributed by atoms with Crippen molar-refractivity contribution < 1.29 is 0 Å². The van der Waals surface area contributed by atoms with Gasteiger partial charge in [-0.3, -0.25) is 4.68 Å². The topological polar surface area (TPSA) is 29.9 Å². The van der Waals surface area contributed by atoms with E-state index in [9.17, 15) is 0 Å². The number of nitrogens with one attached hydrogen (secondary N) is 1. The van der Waals surface area contributed by atoms with Gasteiger partial charge in [0.05, 0.1) is 6.20 Å². The Hall–Kier alpha value is -1.29. The van der Waals surface area contributed by atoms with Crippen LogP contribution < -0.4 is 5.32 Å². The van der Waals surface area contributed by atoms with Gasteiger partial charge in [0.1, 0.15) is 0 Å². The molecule has 0 atom stereocenters. The first-order chi connectivity index (χ1) is 8.72. The molecule has 1 heterocycles. The number of aromatic nitrogens is 2. The van der Waals surface area contributed by atoms with Crippen molar-refractivity contribution >= 4 is 21.6 Å². The number of aryl methyl sites for hydroxylation is 2. The summed E-state index contributed by atoms with van der Waals surface area (Å²) in [6, 6.07) is 6.35. The van der Waals surface area contributed by atoms with Gasteiger partial charge >= 0.3 is 0 Å². The number of hydrogen-bond donors (Lipinski definition) is 1. The molecule has 0 bridgehead atoms. The zero-order valence-electron chi connectivity index (χ0n) is 10.8. The van der Waals surface area contributed by atoms with Crippen LogP contribution in [0.4, 0.5) is 5.69 Å². The second-order valence-electron chi connectivity index (χ2n) is 4.21. The van der Waals surface area contributed by atoms with E-state index in [0.29, 0.717) is 0 Å². The lowest BCUT2D eigenvalue weighted by molar-refractivity contribution is 0.659. The van der Waals surface area contributed by atoms with Gasteiger partial charge in [0.25, 0.3) is 0 Å². The summed E-state index contributed by atoms with van der Waals surface area (Å²) in [5.41, 5.74) is 3.74. The van der Waals surface area contributed by atoms with Gasteiger partial charge in [-0.1, -0.05) is 22.9 Å². The summed E-state index contributed by atoms with van der Waals surface area (Å²) in [6.07, 6.45) is 5.02. The molecule has 18 heavy (non-hydrogen) atoms. The molecule has 0 aliphatic rings. The zero-order valence-corrected chi connectivity index (χ0v) is 12.4. The Kier molecular flexibility index (Phi) is 4.42. The first-order valence-electron chi connectivity index (χ1n) is 6.26. The summed E-state index contributed by atoms with van der Waals surface area (Å²) in [5, 5.41) is 7.74. The summed E-state index contributed by atoms with van der Waals surface area (Å²) in [7, 11) is 0. The molecule has 0 radical (unpaired) electrons. The van der Waals surface area contributed by atoms with E-state index in [1.807, 2.05) is 10.9 Å². The van der Waals surface area contributed by atoms with Crippen LogP contribution in [0.3, 0.4) is 0 Å². The van der Waals surface area contributed by atoms with Crippen LogP contribution in [-0.2, 0) is 19.5 Å². The van der Waals surface area contributed by atoms with Gasteiger partial charge in [-0.05, 0) is 37.1 Å². The standard InChI is InChI=1S/C14H18BrN3/c1-3-12-7-13(15)5-6-14(12)16-8-11-9-17-18(4-2)10-11/h5-7,9-10,16H,3-4,8H2,1-2H3. The predicted octanol–water partition coefficient (Wildman–Crippen LogP) is 3.84. The molecule has 0 spiro atoms. The largest absolute Gasteiger partial charge is 0.381 e. The van der Waals surface area contributed by atoms with Crippen molar-refractivity contribution in [3.8, 4) is 0 Å². The summed E-state index contributed by atoms with van der Waals surface area (Å²) in [5.74, 6) is 0. The maximum atomic E-state index is 4.27. The highest BCUT2D eigenvalue weighted by atomic mass is 79.9. The lowest BCUT2D eigenvalue weighted by Gasteiger charge is -2.10. The number of rotatable bonds is 5. The fraction of sp³-hybridized carbons (Fsp3) is 0.357. The van der Waals surface area contributed by atoms with Crippen molar-refractivity contribution in [2.24, 2.45) is 0 Å². The van der Waals surface area contributed by atoms with E-state index in [-0.39, 0.29) is 0 Å². The van der Waals surface area contributed by atoms with Crippen LogP contribution in [0.15, 0.2) is 35.1 Å². The third kappa shape index (κ3) is 3.13. The second kappa shape index (κ2) is 6.05.